The summed E-state index contributed by atoms with van der Waals surface area (Å²) in [7, 11) is 0.582. The first-order chi connectivity index (χ1) is 9.92. The monoisotopic (exact) mass is 312 g/mol. The van der Waals surface area contributed by atoms with Crippen LogP contribution in [0.1, 0.15) is 26.7 Å². The van der Waals surface area contributed by atoms with Gasteiger partial charge >= 0.3 is 0 Å². The first kappa shape index (κ1) is 17.5. The molecule has 0 aliphatic rings. The summed E-state index contributed by atoms with van der Waals surface area (Å²) in [6, 6.07) is 5.05. The van der Waals surface area contributed by atoms with Gasteiger partial charge in [0.25, 0.3) is 0 Å². The van der Waals surface area contributed by atoms with Crippen LogP contribution in [-0.2, 0) is 15.6 Å². The summed E-state index contributed by atoms with van der Waals surface area (Å²) in [5.41, 5.74) is 6.78. The Hall–Kier alpha value is -1.56. The zero-order valence-electron chi connectivity index (χ0n) is 12.8. The van der Waals surface area contributed by atoms with Gasteiger partial charge in [0, 0.05) is 34.4 Å². The average molecular weight is 312 g/mol. The summed E-state index contributed by atoms with van der Waals surface area (Å²) in [5.74, 6) is 1.92. The third-order valence-electron chi connectivity index (χ3n) is 2.98. The third kappa shape index (κ3) is 6.62. The number of nitrogen functional groups attached to an aromatic ring is 1. The third-order valence-corrected chi connectivity index (χ3v) is 4.33. The predicted octanol–water partition coefficient (Wildman–Crippen LogP) is 2.40. The van der Waals surface area contributed by atoms with Gasteiger partial charge in [-0.05, 0) is 30.5 Å². The lowest BCUT2D eigenvalue weighted by atomic mass is 10.2. The molecule has 1 amide bonds. The Morgan fingerprint density at radius 2 is 2.10 bits per heavy atom. The quantitative estimate of drug-likeness (QED) is 0.722. The lowest BCUT2D eigenvalue weighted by molar-refractivity contribution is -0.115. The van der Waals surface area contributed by atoms with Gasteiger partial charge in [-0.1, -0.05) is 13.8 Å². The van der Waals surface area contributed by atoms with Crippen LogP contribution in [0.4, 0.5) is 11.4 Å². The van der Waals surface area contributed by atoms with Crippen molar-refractivity contribution in [2.24, 2.45) is 5.92 Å². The molecule has 0 spiro atoms. The Balaban J connectivity index is 2.47. The normalized spacial score (nSPS) is 12.2. The van der Waals surface area contributed by atoms with Crippen LogP contribution in [0, 0.1) is 5.92 Å². The van der Waals surface area contributed by atoms with Gasteiger partial charge in [-0.25, -0.2) is 0 Å². The fraction of sp³-hybridized carbons (Fsp3) is 0.533. The second-order valence-electron chi connectivity index (χ2n) is 5.29. The Morgan fingerprint density at radius 3 is 2.71 bits per heavy atom. The van der Waals surface area contributed by atoms with Crippen LogP contribution in [0.15, 0.2) is 18.2 Å². The van der Waals surface area contributed by atoms with E-state index >= 15 is 0 Å². The molecule has 0 saturated carbocycles. The summed E-state index contributed by atoms with van der Waals surface area (Å²) < 4.78 is 16.9. The van der Waals surface area contributed by atoms with Crippen LogP contribution >= 0.6 is 0 Å². The van der Waals surface area contributed by atoms with Gasteiger partial charge in [-0.15, -0.1) is 0 Å². The van der Waals surface area contributed by atoms with Crippen molar-refractivity contribution in [2.75, 3.05) is 29.7 Å². The van der Waals surface area contributed by atoms with E-state index in [-0.39, 0.29) is 12.3 Å². The molecule has 0 saturated heterocycles. The zero-order valence-corrected chi connectivity index (χ0v) is 13.7. The second-order valence-corrected chi connectivity index (χ2v) is 6.98. The highest BCUT2D eigenvalue weighted by molar-refractivity contribution is 7.84. The molecule has 0 radical (unpaired) electrons. The number of anilines is 2. The number of nitrogens with two attached hydrogens (primary N) is 1. The molecule has 21 heavy (non-hydrogen) atoms. The molecule has 0 fully saturated rings. The van der Waals surface area contributed by atoms with Gasteiger partial charge < -0.3 is 15.8 Å². The van der Waals surface area contributed by atoms with Gasteiger partial charge in [0.1, 0.15) is 5.75 Å². The van der Waals surface area contributed by atoms with E-state index in [1.807, 2.05) is 0 Å². The minimum Gasteiger partial charge on any atom is -0.495 e. The molecule has 1 aromatic carbocycles. The van der Waals surface area contributed by atoms with Crippen molar-refractivity contribution in [2.45, 2.75) is 26.7 Å². The molecule has 118 valence electrons. The van der Waals surface area contributed by atoms with Gasteiger partial charge in [-0.2, -0.15) is 0 Å². The number of hydrogen-bond donors (Lipinski definition) is 2. The maximum Gasteiger partial charge on any atom is 0.225 e. The zero-order chi connectivity index (χ0) is 15.8. The average Bonchev–Trinajstić information content (AvgIpc) is 2.43. The van der Waals surface area contributed by atoms with E-state index in [2.05, 4.69) is 19.2 Å². The SMILES string of the molecule is COc1ccc(N)cc1NC(=O)CCS(=O)CCC(C)C. The van der Waals surface area contributed by atoms with E-state index in [0.717, 1.165) is 6.42 Å². The van der Waals surface area contributed by atoms with Crippen molar-refractivity contribution in [1.29, 1.82) is 0 Å². The number of carbonyl (C=O) groups excluding carboxylic acids is 1. The van der Waals surface area contributed by atoms with E-state index in [0.29, 0.717) is 34.5 Å². The minimum absolute atomic E-state index is 0.184. The molecule has 0 aromatic heterocycles. The van der Waals surface area contributed by atoms with Crippen molar-refractivity contribution >= 4 is 28.1 Å². The predicted molar refractivity (Wildman–Crippen MR) is 88.0 cm³/mol. The van der Waals surface area contributed by atoms with E-state index < -0.39 is 10.8 Å². The second kappa shape index (κ2) is 8.67. The summed E-state index contributed by atoms with van der Waals surface area (Å²) in [5, 5.41) is 2.74. The molecule has 3 N–H and O–H groups in total. The molecule has 0 bridgehead atoms. The maximum absolute atomic E-state index is 11.9. The van der Waals surface area contributed by atoms with Crippen molar-refractivity contribution in [1.82, 2.24) is 0 Å². The molecule has 5 nitrogen and oxygen atoms in total. The van der Waals surface area contributed by atoms with E-state index in [1.54, 1.807) is 18.2 Å². The lowest BCUT2D eigenvalue weighted by Gasteiger charge is -2.11. The number of carbonyl (C=O) groups is 1. The fourth-order valence-electron chi connectivity index (χ4n) is 1.71. The summed E-state index contributed by atoms with van der Waals surface area (Å²) in [6.07, 6.45) is 1.14. The molecule has 1 atom stereocenters. The van der Waals surface area contributed by atoms with Crippen molar-refractivity contribution in [3.05, 3.63) is 18.2 Å². The van der Waals surface area contributed by atoms with Crippen molar-refractivity contribution < 1.29 is 13.7 Å². The maximum atomic E-state index is 11.9. The molecule has 1 rings (SSSR count). The summed E-state index contributed by atoms with van der Waals surface area (Å²) in [4.78, 5) is 11.9. The molecule has 1 unspecified atom stereocenters. The van der Waals surface area contributed by atoms with Gasteiger partial charge in [-0.3, -0.25) is 9.00 Å². The number of hydrogen-bond acceptors (Lipinski definition) is 4. The Bertz CT molecular complexity index is 504. The summed E-state index contributed by atoms with van der Waals surface area (Å²) >= 11 is 0. The molecule has 0 aliphatic carbocycles. The van der Waals surface area contributed by atoms with Gasteiger partial charge in [0.2, 0.25) is 5.91 Å². The Kier molecular flexibility index (Phi) is 7.22. The van der Waals surface area contributed by atoms with Crippen LogP contribution in [0.25, 0.3) is 0 Å². The van der Waals surface area contributed by atoms with Crippen LogP contribution in [-0.4, -0.2) is 28.7 Å². The smallest absolute Gasteiger partial charge is 0.225 e. The lowest BCUT2D eigenvalue weighted by Crippen LogP contribution is -2.16. The first-order valence-electron chi connectivity index (χ1n) is 7.00. The number of rotatable bonds is 8. The molecule has 0 heterocycles. The highest BCUT2D eigenvalue weighted by Gasteiger charge is 2.10. The van der Waals surface area contributed by atoms with Crippen LogP contribution < -0.4 is 15.8 Å². The number of ether oxygens (including phenoxy) is 1. The number of methoxy groups -OCH3 is 1. The molecule has 1 aromatic rings. The summed E-state index contributed by atoms with van der Waals surface area (Å²) in [6.45, 7) is 4.19. The number of amides is 1. The fourth-order valence-corrected chi connectivity index (χ4v) is 3.06. The van der Waals surface area contributed by atoms with Crippen LogP contribution in [0.3, 0.4) is 0 Å². The Labute approximate surface area is 128 Å². The topological polar surface area (TPSA) is 81.4 Å². The molecular weight excluding hydrogens is 288 g/mol. The Morgan fingerprint density at radius 1 is 1.38 bits per heavy atom. The molecular formula is C15H24N2O3S. The van der Waals surface area contributed by atoms with Crippen LogP contribution in [0.5, 0.6) is 5.75 Å². The highest BCUT2D eigenvalue weighted by Crippen LogP contribution is 2.26. The number of nitrogens with one attached hydrogen (secondary N) is 1. The van der Waals surface area contributed by atoms with E-state index in [1.165, 1.54) is 7.11 Å². The van der Waals surface area contributed by atoms with Gasteiger partial charge in [0.15, 0.2) is 0 Å². The standard InChI is InChI=1S/C15H24N2O3S/c1-11(2)6-8-21(19)9-7-15(18)17-13-10-12(16)4-5-14(13)20-3/h4-5,10-11H,6-9,16H2,1-3H3,(H,17,18). The molecule has 6 heteroatoms. The number of benzene rings is 1. The van der Waals surface area contributed by atoms with Gasteiger partial charge in [0.05, 0.1) is 12.8 Å². The molecule has 0 aliphatic heterocycles. The van der Waals surface area contributed by atoms with E-state index in [4.69, 9.17) is 10.5 Å². The minimum atomic E-state index is -0.947. The largest absolute Gasteiger partial charge is 0.495 e. The highest BCUT2D eigenvalue weighted by atomic mass is 32.2. The van der Waals surface area contributed by atoms with Crippen molar-refractivity contribution in [3.8, 4) is 5.75 Å². The first-order valence-corrected chi connectivity index (χ1v) is 8.49. The van der Waals surface area contributed by atoms with E-state index in [9.17, 15) is 9.00 Å². The van der Waals surface area contributed by atoms with Crippen molar-refractivity contribution in [3.63, 3.8) is 0 Å². The van der Waals surface area contributed by atoms with Crippen LogP contribution in [0.2, 0.25) is 0 Å².